The fourth-order valence-corrected chi connectivity index (χ4v) is 6.20. The molecule has 0 aromatic carbocycles. The molecule has 0 radical (unpaired) electrons. The van der Waals surface area contributed by atoms with Gasteiger partial charge in [0.2, 0.25) is 5.91 Å². The second-order valence-corrected chi connectivity index (χ2v) is 10.6. The number of hydrogen-bond acceptors (Lipinski definition) is 7. The molecule has 1 saturated heterocycles. The topological polar surface area (TPSA) is 122 Å². The van der Waals surface area contributed by atoms with Crippen LogP contribution in [0.2, 0.25) is 0 Å². The lowest BCUT2D eigenvalue weighted by molar-refractivity contribution is -0.117. The standard InChI is InChI=1S/C27H29N9O2/c1-16-22(8-18(9-28-16)32-26(37)15-34-13-17-4-5-19(34)7-17)33-27(38)21-11-31-36-14-23(29-12-25(21)36)20-10-30-35-6-2-3-24(20)35/h8-12,14,17,19H,2-7,13,15H2,1H3,(H,32,37)(H,33,38)/t17-,19+/m0/s1. The Hall–Kier alpha value is -4.12. The van der Waals surface area contributed by atoms with Crippen LogP contribution in [-0.2, 0) is 17.8 Å². The van der Waals surface area contributed by atoms with E-state index in [0.717, 1.165) is 43.1 Å². The Labute approximate surface area is 219 Å². The normalized spacial score (nSPS) is 20.2. The summed E-state index contributed by atoms with van der Waals surface area (Å²) < 4.78 is 3.69. The average Bonchev–Trinajstić information content (AvgIpc) is 3.71. The third-order valence-corrected chi connectivity index (χ3v) is 8.15. The summed E-state index contributed by atoms with van der Waals surface area (Å²) in [6.07, 6.45) is 14.2. The van der Waals surface area contributed by atoms with Crippen molar-refractivity contribution in [3.8, 4) is 11.3 Å². The lowest BCUT2D eigenvalue weighted by atomic mass is 10.1. The first-order valence-electron chi connectivity index (χ1n) is 13.2. The van der Waals surface area contributed by atoms with Crippen LogP contribution in [0.4, 0.5) is 11.4 Å². The van der Waals surface area contributed by atoms with Crippen LogP contribution in [0.15, 0.2) is 37.1 Å². The monoisotopic (exact) mass is 511 g/mol. The number of anilines is 2. The summed E-state index contributed by atoms with van der Waals surface area (Å²) in [4.78, 5) is 37.2. The molecule has 194 valence electrons. The number of pyridine rings is 1. The lowest BCUT2D eigenvalue weighted by Crippen LogP contribution is -2.38. The maximum atomic E-state index is 13.2. The summed E-state index contributed by atoms with van der Waals surface area (Å²) in [5, 5.41) is 14.7. The number of carbonyl (C=O) groups is 2. The van der Waals surface area contributed by atoms with Crippen LogP contribution in [0.1, 0.15) is 47.4 Å². The number of hydrogen-bond donors (Lipinski definition) is 2. The fourth-order valence-electron chi connectivity index (χ4n) is 6.20. The molecule has 11 heteroatoms. The molecule has 2 atom stereocenters. The van der Waals surface area contributed by atoms with Gasteiger partial charge in [-0.05, 0) is 51.0 Å². The lowest BCUT2D eigenvalue weighted by Gasteiger charge is -2.25. The van der Waals surface area contributed by atoms with Gasteiger partial charge in [-0.25, -0.2) is 4.52 Å². The molecule has 3 aliphatic rings. The molecule has 2 amide bonds. The van der Waals surface area contributed by atoms with Crippen LogP contribution in [0.5, 0.6) is 0 Å². The molecular formula is C27H29N9O2. The van der Waals surface area contributed by atoms with Crippen LogP contribution < -0.4 is 10.6 Å². The van der Waals surface area contributed by atoms with Crippen molar-refractivity contribution in [2.45, 2.75) is 51.6 Å². The number of nitrogens with one attached hydrogen (secondary N) is 2. The smallest absolute Gasteiger partial charge is 0.259 e. The van der Waals surface area contributed by atoms with Gasteiger partial charge in [0.15, 0.2) is 0 Å². The van der Waals surface area contributed by atoms with Gasteiger partial charge in [-0.3, -0.25) is 29.1 Å². The molecule has 2 bridgehead atoms. The summed E-state index contributed by atoms with van der Waals surface area (Å²) in [5.74, 6) is 0.362. The number of carbonyl (C=O) groups excluding carboxylic acids is 2. The Morgan fingerprint density at radius 2 is 2.00 bits per heavy atom. The summed E-state index contributed by atoms with van der Waals surface area (Å²) >= 11 is 0. The van der Waals surface area contributed by atoms with E-state index in [4.69, 9.17) is 0 Å². The van der Waals surface area contributed by atoms with E-state index < -0.39 is 0 Å². The average molecular weight is 512 g/mol. The quantitative estimate of drug-likeness (QED) is 0.408. The molecule has 2 aliphatic heterocycles. The first-order chi connectivity index (χ1) is 18.5. The molecule has 38 heavy (non-hydrogen) atoms. The van der Waals surface area contributed by atoms with Crippen molar-refractivity contribution in [1.29, 1.82) is 0 Å². The van der Waals surface area contributed by atoms with E-state index >= 15 is 0 Å². The molecule has 6 heterocycles. The van der Waals surface area contributed by atoms with Gasteiger partial charge in [0, 0.05) is 30.4 Å². The maximum absolute atomic E-state index is 13.2. The molecule has 2 N–H and O–H groups in total. The van der Waals surface area contributed by atoms with Crippen molar-refractivity contribution in [2.75, 3.05) is 23.7 Å². The van der Waals surface area contributed by atoms with Gasteiger partial charge in [-0.1, -0.05) is 0 Å². The molecule has 2 fully saturated rings. The Morgan fingerprint density at radius 3 is 2.84 bits per heavy atom. The summed E-state index contributed by atoms with van der Waals surface area (Å²) in [7, 11) is 0. The summed E-state index contributed by atoms with van der Waals surface area (Å²) in [6.45, 7) is 4.14. The van der Waals surface area contributed by atoms with E-state index in [9.17, 15) is 9.59 Å². The van der Waals surface area contributed by atoms with Crippen molar-refractivity contribution in [2.24, 2.45) is 5.92 Å². The van der Waals surface area contributed by atoms with E-state index in [2.05, 4.69) is 35.7 Å². The summed E-state index contributed by atoms with van der Waals surface area (Å²) in [5.41, 5.74) is 5.72. The van der Waals surface area contributed by atoms with E-state index in [1.54, 1.807) is 23.0 Å². The number of likely N-dealkylation sites (tertiary alicyclic amines) is 1. The largest absolute Gasteiger partial charge is 0.324 e. The number of fused-ring (bicyclic) bond motifs is 4. The predicted octanol–water partition coefficient (Wildman–Crippen LogP) is 2.92. The van der Waals surface area contributed by atoms with Crippen LogP contribution >= 0.6 is 0 Å². The first-order valence-corrected chi connectivity index (χ1v) is 13.2. The minimum Gasteiger partial charge on any atom is -0.324 e. The van der Waals surface area contributed by atoms with Gasteiger partial charge in [0.25, 0.3) is 5.91 Å². The highest BCUT2D eigenvalue weighted by atomic mass is 16.2. The van der Waals surface area contributed by atoms with E-state index in [-0.39, 0.29) is 11.8 Å². The molecule has 7 rings (SSSR count). The third kappa shape index (κ3) is 4.03. The Morgan fingerprint density at radius 1 is 1.08 bits per heavy atom. The molecule has 1 aliphatic carbocycles. The molecule has 0 unspecified atom stereocenters. The van der Waals surface area contributed by atoms with Crippen molar-refractivity contribution in [3.63, 3.8) is 0 Å². The van der Waals surface area contributed by atoms with Crippen molar-refractivity contribution in [1.82, 2.24) is 34.3 Å². The highest BCUT2D eigenvalue weighted by Crippen LogP contribution is 2.37. The maximum Gasteiger partial charge on any atom is 0.259 e. The Balaban J connectivity index is 1.06. The molecule has 11 nitrogen and oxygen atoms in total. The highest BCUT2D eigenvalue weighted by Gasteiger charge is 2.38. The Kier molecular flexibility index (Phi) is 5.46. The van der Waals surface area contributed by atoms with Gasteiger partial charge >= 0.3 is 0 Å². The minimum atomic E-state index is -0.317. The number of amides is 2. The van der Waals surface area contributed by atoms with Gasteiger partial charge in [-0.15, -0.1) is 0 Å². The number of rotatable bonds is 6. The minimum absolute atomic E-state index is 0.0611. The van der Waals surface area contributed by atoms with Gasteiger partial charge in [-0.2, -0.15) is 10.2 Å². The number of aromatic nitrogens is 6. The van der Waals surface area contributed by atoms with Crippen LogP contribution in [-0.4, -0.2) is 65.2 Å². The SMILES string of the molecule is Cc1ncc(NC(=O)CN2C[C@H]3CC[C@@H]2C3)cc1NC(=O)c1cnn2cc(-c3cnn4c3CCC4)ncc12. The predicted molar refractivity (Wildman–Crippen MR) is 141 cm³/mol. The fraction of sp³-hybridized carbons (Fsp3) is 0.407. The molecule has 1 saturated carbocycles. The van der Waals surface area contributed by atoms with Crippen molar-refractivity contribution >= 4 is 28.7 Å². The van der Waals surface area contributed by atoms with Crippen molar-refractivity contribution < 1.29 is 9.59 Å². The van der Waals surface area contributed by atoms with Crippen LogP contribution in [0, 0.1) is 12.8 Å². The Bertz CT molecular complexity index is 1570. The molecule has 4 aromatic rings. The van der Waals surface area contributed by atoms with Crippen LogP contribution in [0.25, 0.3) is 16.8 Å². The third-order valence-electron chi connectivity index (χ3n) is 8.15. The zero-order valence-electron chi connectivity index (χ0n) is 21.2. The van der Waals surface area contributed by atoms with Crippen molar-refractivity contribution in [3.05, 3.63) is 54.0 Å². The zero-order valence-corrected chi connectivity index (χ0v) is 21.2. The zero-order chi connectivity index (χ0) is 25.8. The number of nitrogens with zero attached hydrogens (tertiary/aromatic N) is 7. The van der Waals surface area contributed by atoms with E-state index in [1.807, 2.05) is 24.0 Å². The van der Waals surface area contributed by atoms with Gasteiger partial charge < -0.3 is 10.6 Å². The van der Waals surface area contributed by atoms with E-state index in [1.165, 1.54) is 31.2 Å². The molecule has 0 spiro atoms. The van der Waals surface area contributed by atoms with E-state index in [0.29, 0.717) is 40.7 Å². The first kappa shape index (κ1) is 23.0. The number of aryl methyl sites for hydroxylation is 2. The van der Waals surface area contributed by atoms with Gasteiger partial charge in [0.05, 0.1) is 71.4 Å². The number of piperidine rings is 1. The highest BCUT2D eigenvalue weighted by molar-refractivity contribution is 6.09. The molecule has 4 aromatic heterocycles. The second-order valence-electron chi connectivity index (χ2n) is 10.6. The molecular weight excluding hydrogens is 482 g/mol. The van der Waals surface area contributed by atoms with Crippen LogP contribution in [0.3, 0.4) is 0 Å². The summed E-state index contributed by atoms with van der Waals surface area (Å²) in [6, 6.07) is 2.28. The van der Waals surface area contributed by atoms with Gasteiger partial charge in [0.1, 0.15) is 0 Å². The second kappa shape index (κ2) is 9.02.